The molecule has 2 aromatic rings. The summed E-state index contributed by atoms with van der Waals surface area (Å²) in [6.07, 6.45) is 1.56. The van der Waals surface area contributed by atoms with E-state index in [-0.39, 0.29) is 19.2 Å². The van der Waals surface area contributed by atoms with Gasteiger partial charge in [0.1, 0.15) is 0 Å². The Hall–Kier alpha value is -3.55. The number of hydrazone groups is 1. The van der Waals surface area contributed by atoms with Crippen molar-refractivity contribution in [2.24, 2.45) is 5.10 Å². The Kier molecular flexibility index (Phi) is 6.67. The standard InChI is InChI=1S/C21H24N4O4/c1-3-25(4-2)17-8-5-15(6-9-17)12-23-24-20(26)13-22-21(27)16-7-10-18-19(11-16)29-14-28-18/h5-12H,3-4,13-14H2,1-2H3,(H,22,27)(H,24,26)/b23-12+. The van der Waals surface area contributed by atoms with Crippen LogP contribution in [0.3, 0.4) is 0 Å². The first-order valence-electron chi connectivity index (χ1n) is 9.45. The van der Waals surface area contributed by atoms with Gasteiger partial charge in [0, 0.05) is 24.3 Å². The maximum atomic E-state index is 12.2. The minimum Gasteiger partial charge on any atom is -0.454 e. The third kappa shape index (κ3) is 5.25. The molecular formula is C21H24N4O4. The average molecular weight is 396 g/mol. The van der Waals surface area contributed by atoms with Gasteiger partial charge in [0.05, 0.1) is 12.8 Å². The van der Waals surface area contributed by atoms with Crippen molar-refractivity contribution in [3.8, 4) is 11.5 Å². The second-order valence-corrected chi connectivity index (χ2v) is 6.31. The summed E-state index contributed by atoms with van der Waals surface area (Å²) in [7, 11) is 0. The molecule has 0 aliphatic carbocycles. The number of amides is 2. The first-order chi connectivity index (χ1) is 14.1. The van der Waals surface area contributed by atoms with Gasteiger partial charge in [-0.05, 0) is 49.7 Å². The number of carbonyl (C=O) groups is 2. The maximum Gasteiger partial charge on any atom is 0.259 e. The van der Waals surface area contributed by atoms with Crippen LogP contribution in [0.1, 0.15) is 29.8 Å². The van der Waals surface area contributed by atoms with Crippen LogP contribution in [-0.4, -0.2) is 44.5 Å². The Bertz CT molecular complexity index is 892. The number of rotatable bonds is 8. The third-order valence-electron chi connectivity index (χ3n) is 4.47. The number of nitrogens with one attached hydrogen (secondary N) is 2. The molecule has 0 bridgehead atoms. The highest BCUT2D eigenvalue weighted by molar-refractivity contribution is 5.97. The molecule has 8 heteroatoms. The van der Waals surface area contributed by atoms with Gasteiger partial charge < -0.3 is 19.7 Å². The molecule has 0 saturated heterocycles. The van der Waals surface area contributed by atoms with E-state index in [1.165, 1.54) is 0 Å². The molecule has 0 unspecified atom stereocenters. The van der Waals surface area contributed by atoms with Crippen LogP contribution < -0.4 is 25.1 Å². The number of hydrogen-bond acceptors (Lipinski definition) is 6. The summed E-state index contributed by atoms with van der Waals surface area (Å²) >= 11 is 0. The zero-order chi connectivity index (χ0) is 20.6. The molecule has 0 spiro atoms. The molecule has 29 heavy (non-hydrogen) atoms. The second kappa shape index (κ2) is 9.59. The molecule has 0 atom stereocenters. The highest BCUT2D eigenvalue weighted by Crippen LogP contribution is 2.32. The van der Waals surface area contributed by atoms with Gasteiger partial charge in [-0.2, -0.15) is 5.10 Å². The SMILES string of the molecule is CCN(CC)c1ccc(/C=N/NC(=O)CNC(=O)c2ccc3c(c2)OCO3)cc1. The van der Waals surface area contributed by atoms with Crippen LogP contribution in [0.4, 0.5) is 5.69 Å². The Morgan fingerprint density at radius 3 is 2.52 bits per heavy atom. The van der Waals surface area contributed by atoms with Crippen LogP contribution in [0.25, 0.3) is 0 Å². The van der Waals surface area contributed by atoms with Crippen LogP contribution in [0.15, 0.2) is 47.6 Å². The summed E-state index contributed by atoms with van der Waals surface area (Å²) in [5, 5.41) is 6.47. The quantitative estimate of drug-likeness (QED) is 0.527. The van der Waals surface area contributed by atoms with Crippen molar-refractivity contribution in [1.82, 2.24) is 10.7 Å². The lowest BCUT2D eigenvalue weighted by Crippen LogP contribution is -2.34. The van der Waals surface area contributed by atoms with Crippen LogP contribution in [0.5, 0.6) is 11.5 Å². The second-order valence-electron chi connectivity index (χ2n) is 6.31. The van der Waals surface area contributed by atoms with Gasteiger partial charge in [0.15, 0.2) is 11.5 Å². The molecule has 1 aliphatic heterocycles. The van der Waals surface area contributed by atoms with E-state index in [2.05, 4.69) is 34.6 Å². The molecule has 3 rings (SSSR count). The number of nitrogens with zero attached hydrogens (tertiary/aromatic N) is 2. The van der Waals surface area contributed by atoms with E-state index < -0.39 is 5.91 Å². The number of carbonyl (C=O) groups excluding carboxylic acids is 2. The van der Waals surface area contributed by atoms with Crippen molar-refractivity contribution in [2.75, 3.05) is 31.3 Å². The van der Waals surface area contributed by atoms with Gasteiger partial charge in [-0.1, -0.05) is 12.1 Å². The largest absolute Gasteiger partial charge is 0.454 e. The average Bonchev–Trinajstić information content (AvgIpc) is 3.22. The molecule has 8 nitrogen and oxygen atoms in total. The lowest BCUT2D eigenvalue weighted by Gasteiger charge is -2.20. The summed E-state index contributed by atoms with van der Waals surface area (Å²) in [6.45, 7) is 6.06. The zero-order valence-electron chi connectivity index (χ0n) is 16.5. The summed E-state index contributed by atoms with van der Waals surface area (Å²) in [6, 6.07) is 12.8. The normalized spacial score (nSPS) is 12.1. The molecule has 0 radical (unpaired) electrons. The number of fused-ring (bicyclic) bond motifs is 1. The Balaban J connectivity index is 1.45. The Morgan fingerprint density at radius 1 is 1.07 bits per heavy atom. The van der Waals surface area contributed by atoms with Crippen molar-refractivity contribution < 1.29 is 19.1 Å². The topological polar surface area (TPSA) is 92.3 Å². The molecular weight excluding hydrogens is 372 g/mol. The van der Waals surface area contributed by atoms with Crippen LogP contribution in [-0.2, 0) is 4.79 Å². The fraction of sp³-hybridized carbons (Fsp3) is 0.286. The molecule has 2 aromatic carbocycles. The molecule has 1 heterocycles. The Morgan fingerprint density at radius 2 is 1.79 bits per heavy atom. The molecule has 0 aromatic heterocycles. The Labute approximate surface area is 169 Å². The maximum absolute atomic E-state index is 12.2. The van der Waals surface area contributed by atoms with Crippen molar-refractivity contribution >= 4 is 23.7 Å². The van der Waals surface area contributed by atoms with Gasteiger partial charge >= 0.3 is 0 Å². The molecule has 2 N–H and O–H groups in total. The van der Waals surface area contributed by atoms with Gasteiger partial charge in [0.2, 0.25) is 6.79 Å². The zero-order valence-corrected chi connectivity index (χ0v) is 16.5. The van der Waals surface area contributed by atoms with Gasteiger partial charge in [-0.25, -0.2) is 5.43 Å². The van der Waals surface area contributed by atoms with E-state index in [0.717, 1.165) is 24.3 Å². The van der Waals surface area contributed by atoms with Crippen LogP contribution in [0.2, 0.25) is 0 Å². The minimum atomic E-state index is -0.421. The highest BCUT2D eigenvalue weighted by atomic mass is 16.7. The predicted octanol–water partition coefficient (Wildman–Crippen LogP) is 2.14. The number of ether oxygens (including phenoxy) is 2. The molecule has 0 fully saturated rings. The lowest BCUT2D eigenvalue weighted by molar-refractivity contribution is -0.120. The summed E-state index contributed by atoms with van der Waals surface area (Å²) < 4.78 is 10.4. The van der Waals surface area contributed by atoms with E-state index in [0.29, 0.717) is 17.1 Å². The van der Waals surface area contributed by atoms with Crippen molar-refractivity contribution in [3.63, 3.8) is 0 Å². The van der Waals surface area contributed by atoms with Crippen LogP contribution in [0, 0.1) is 0 Å². The fourth-order valence-electron chi connectivity index (χ4n) is 2.88. The van der Waals surface area contributed by atoms with Crippen LogP contribution >= 0.6 is 0 Å². The summed E-state index contributed by atoms with van der Waals surface area (Å²) in [5.74, 6) is 0.307. The summed E-state index contributed by atoms with van der Waals surface area (Å²) in [5.41, 5.74) is 4.80. The lowest BCUT2D eigenvalue weighted by atomic mass is 10.2. The molecule has 1 aliphatic rings. The third-order valence-corrected chi connectivity index (χ3v) is 4.47. The van der Waals surface area contributed by atoms with Gasteiger partial charge in [0.25, 0.3) is 11.8 Å². The van der Waals surface area contributed by atoms with Crippen molar-refractivity contribution in [1.29, 1.82) is 0 Å². The highest BCUT2D eigenvalue weighted by Gasteiger charge is 2.16. The number of benzene rings is 2. The monoisotopic (exact) mass is 396 g/mol. The van der Waals surface area contributed by atoms with E-state index >= 15 is 0 Å². The van der Waals surface area contributed by atoms with Crippen molar-refractivity contribution in [3.05, 3.63) is 53.6 Å². The number of anilines is 1. The van der Waals surface area contributed by atoms with Gasteiger partial charge in [-0.3, -0.25) is 9.59 Å². The number of hydrogen-bond donors (Lipinski definition) is 2. The first-order valence-corrected chi connectivity index (χ1v) is 9.45. The van der Waals surface area contributed by atoms with E-state index in [1.54, 1.807) is 24.4 Å². The fourth-order valence-corrected chi connectivity index (χ4v) is 2.88. The van der Waals surface area contributed by atoms with E-state index in [9.17, 15) is 9.59 Å². The molecule has 0 saturated carbocycles. The van der Waals surface area contributed by atoms with E-state index in [1.807, 2.05) is 24.3 Å². The smallest absolute Gasteiger partial charge is 0.259 e. The summed E-state index contributed by atoms with van der Waals surface area (Å²) in [4.78, 5) is 26.3. The molecule has 2 amide bonds. The first kappa shape index (κ1) is 20.2. The minimum absolute atomic E-state index is 0.138. The van der Waals surface area contributed by atoms with Gasteiger partial charge in [-0.15, -0.1) is 0 Å². The van der Waals surface area contributed by atoms with E-state index in [4.69, 9.17) is 9.47 Å². The van der Waals surface area contributed by atoms with Crippen molar-refractivity contribution in [2.45, 2.75) is 13.8 Å². The predicted molar refractivity (Wildman–Crippen MR) is 111 cm³/mol. The molecule has 152 valence electrons.